The van der Waals surface area contributed by atoms with Gasteiger partial charge in [-0.05, 0) is 52.4 Å². The van der Waals surface area contributed by atoms with Crippen LogP contribution in [-0.2, 0) is 14.3 Å². The highest BCUT2D eigenvalue weighted by Gasteiger charge is 2.22. The molecule has 1 fully saturated rings. The van der Waals surface area contributed by atoms with E-state index in [1.165, 1.54) is 19.3 Å². The summed E-state index contributed by atoms with van der Waals surface area (Å²) < 4.78 is 5.19. The van der Waals surface area contributed by atoms with Crippen LogP contribution in [0.1, 0.15) is 72.6 Å². The predicted molar refractivity (Wildman–Crippen MR) is 79.3 cm³/mol. The SMILES string of the molecule is CCC1CCC(NC(=O)CCC(=O)OC(C)(C)C)CC1. The molecule has 0 unspecified atom stereocenters. The number of hydrogen-bond donors (Lipinski definition) is 1. The Bertz CT molecular complexity index is 325. The van der Waals surface area contributed by atoms with Gasteiger partial charge in [0.2, 0.25) is 5.91 Å². The molecule has 1 aliphatic carbocycles. The van der Waals surface area contributed by atoms with Crippen LogP contribution >= 0.6 is 0 Å². The van der Waals surface area contributed by atoms with Gasteiger partial charge in [0.15, 0.2) is 0 Å². The van der Waals surface area contributed by atoms with Crippen molar-refractivity contribution in [2.45, 2.75) is 84.3 Å². The van der Waals surface area contributed by atoms with Crippen molar-refractivity contribution >= 4 is 11.9 Å². The Balaban J connectivity index is 2.19. The summed E-state index contributed by atoms with van der Waals surface area (Å²) in [5.74, 6) is 0.489. The van der Waals surface area contributed by atoms with Crippen LogP contribution in [0.3, 0.4) is 0 Å². The van der Waals surface area contributed by atoms with E-state index in [9.17, 15) is 9.59 Å². The van der Waals surface area contributed by atoms with Gasteiger partial charge in [-0.1, -0.05) is 13.3 Å². The Morgan fingerprint density at radius 2 is 1.70 bits per heavy atom. The van der Waals surface area contributed by atoms with Gasteiger partial charge in [-0.2, -0.15) is 0 Å². The highest BCUT2D eigenvalue weighted by molar-refractivity contribution is 5.81. The third-order valence-electron chi connectivity index (χ3n) is 3.77. The lowest BCUT2D eigenvalue weighted by Crippen LogP contribution is -2.37. The third kappa shape index (κ3) is 6.92. The molecule has 0 aliphatic heterocycles. The van der Waals surface area contributed by atoms with E-state index in [1.54, 1.807) is 0 Å². The second kappa shape index (κ2) is 7.65. The van der Waals surface area contributed by atoms with Crippen molar-refractivity contribution in [3.8, 4) is 0 Å². The molecule has 0 aromatic rings. The highest BCUT2D eigenvalue weighted by Crippen LogP contribution is 2.26. The monoisotopic (exact) mass is 283 g/mol. The molecular weight excluding hydrogens is 254 g/mol. The van der Waals surface area contributed by atoms with Gasteiger partial charge in [-0.25, -0.2) is 0 Å². The quantitative estimate of drug-likeness (QED) is 0.788. The molecule has 20 heavy (non-hydrogen) atoms. The number of nitrogens with one attached hydrogen (secondary N) is 1. The molecule has 0 aromatic carbocycles. The fourth-order valence-electron chi connectivity index (χ4n) is 2.62. The molecule has 0 saturated heterocycles. The fraction of sp³-hybridized carbons (Fsp3) is 0.875. The van der Waals surface area contributed by atoms with Crippen LogP contribution in [0.15, 0.2) is 0 Å². The molecule has 1 rings (SSSR count). The lowest BCUT2D eigenvalue weighted by molar-refractivity contribution is -0.155. The minimum Gasteiger partial charge on any atom is -0.460 e. The van der Waals surface area contributed by atoms with E-state index < -0.39 is 5.60 Å². The number of carbonyl (C=O) groups excluding carboxylic acids is 2. The lowest BCUT2D eigenvalue weighted by Gasteiger charge is -2.28. The first kappa shape index (κ1) is 17.0. The first-order valence-electron chi connectivity index (χ1n) is 7.81. The lowest BCUT2D eigenvalue weighted by atomic mass is 9.84. The summed E-state index contributed by atoms with van der Waals surface area (Å²) in [7, 11) is 0. The number of ether oxygens (including phenoxy) is 1. The summed E-state index contributed by atoms with van der Waals surface area (Å²) in [6.07, 6.45) is 6.16. The summed E-state index contributed by atoms with van der Waals surface area (Å²) in [5.41, 5.74) is -0.480. The molecule has 1 aliphatic rings. The Morgan fingerprint density at radius 1 is 1.10 bits per heavy atom. The summed E-state index contributed by atoms with van der Waals surface area (Å²) in [6, 6.07) is 0.295. The van der Waals surface area contributed by atoms with Crippen LogP contribution < -0.4 is 5.32 Å². The highest BCUT2D eigenvalue weighted by atomic mass is 16.6. The number of carbonyl (C=O) groups is 2. The van der Waals surface area contributed by atoms with Crippen molar-refractivity contribution in [1.29, 1.82) is 0 Å². The molecule has 0 heterocycles. The van der Waals surface area contributed by atoms with E-state index in [4.69, 9.17) is 4.74 Å². The standard InChI is InChI=1S/C16H29NO3/c1-5-12-6-8-13(9-7-12)17-14(18)10-11-15(19)20-16(2,3)4/h12-13H,5-11H2,1-4H3,(H,17,18). The summed E-state index contributed by atoms with van der Waals surface area (Å²) in [4.78, 5) is 23.3. The maximum atomic E-state index is 11.8. The Kier molecular flexibility index (Phi) is 6.50. The number of rotatable bonds is 5. The zero-order valence-electron chi connectivity index (χ0n) is 13.3. The molecule has 0 aromatic heterocycles. The maximum Gasteiger partial charge on any atom is 0.306 e. The van der Waals surface area contributed by atoms with Gasteiger partial charge in [0.1, 0.15) is 5.60 Å². The summed E-state index contributed by atoms with van der Waals surface area (Å²) in [6.45, 7) is 7.72. The van der Waals surface area contributed by atoms with Gasteiger partial charge >= 0.3 is 5.97 Å². The van der Waals surface area contributed by atoms with Crippen LogP contribution in [0.4, 0.5) is 0 Å². The average molecular weight is 283 g/mol. The van der Waals surface area contributed by atoms with E-state index in [0.717, 1.165) is 18.8 Å². The second-order valence-electron chi connectivity index (χ2n) is 6.78. The molecule has 0 atom stereocenters. The predicted octanol–water partition coefficient (Wildman–Crippen LogP) is 3.19. The van der Waals surface area contributed by atoms with Crippen LogP contribution in [0, 0.1) is 5.92 Å². The summed E-state index contributed by atoms with van der Waals surface area (Å²) >= 11 is 0. The molecule has 0 spiro atoms. The van der Waals surface area contributed by atoms with E-state index in [0.29, 0.717) is 6.04 Å². The van der Waals surface area contributed by atoms with E-state index in [-0.39, 0.29) is 24.7 Å². The molecule has 116 valence electrons. The number of esters is 1. The van der Waals surface area contributed by atoms with Crippen molar-refractivity contribution in [2.75, 3.05) is 0 Å². The van der Waals surface area contributed by atoms with Crippen molar-refractivity contribution in [3.63, 3.8) is 0 Å². The van der Waals surface area contributed by atoms with E-state index in [2.05, 4.69) is 12.2 Å². The largest absolute Gasteiger partial charge is 0.460 e. The van der Waals surface area contributed by atoms with Gasteiger partial charge < -0.3 is 10.1 Å². The van der Waals surface area contributed by atoms with Crippen LogP contribution in [0.25, 0.3) is 0 Å². The third-order valence-corrected chi connectivity index (χ3v) is 3.77. The van der Waals surface area contributed by atoms with Crippen molar-refractivity contribution < 1.29 is 14.3 Å². The molecule has 0 radical (unpaired) electrons. The van der Waals surface area contributed by atoms with Crippen LogP contribution in [-0.4, -0.2) is 23.5 Å². The van der Waals surface area contributed by atoms with Crippen LogP contribution in [0.5, 0.6) is 0 Å². The number of amides is 1. The molecule has 0 bridgehead atoms. The number of hydrogen-bond acceptors (Lipinski definition) is 3. The van der Waals surface area contributed by atoms with Crippen molar-refractivity contribution in [3.05, 3.63) is 0 Å². The van der Waals surface area contributed by atoms with Gasteiger partial charge in [0.05, 0.1) is 6.42 Å². The maximum absolute atomic E-state index is 11.8. The summed E-state index contributed by atoms with van der Waals surface area (Å²) in [5, 5.41) is 3.03. The van der Waals surface area contributed by atoms with Gasteiger partial charge in [0, 0.05) is 12.5 Å². The smallest absolute Gasteiger partial charge is 0.306 e. The molecule has 1 N–H and O–H groups in total. The van der Waals surface area contributed by atoms with Gasteiger partial charge in [-0.15, -0.1) is 0 Å². The molecule has 1 saturated carbocycles. The first-order valence-corrected chi connectivity index (χ1v) is 7.81. The molecule has 4 nitrogen and oxygen atoms in total. The molecular formula is C16H29NO3. The van der Waals surface area contributed by atoms with Crippen LogP contribution in [0.2, 0.25) is 0 Å². The second-order valence-corrected chi connectivity index (χ2v) is 6.78. The minimum atomic E-state index is -0.480. The van der Waals surface area contributed by atoms with Crippen molar-refractivity contribution in [2.24, 2.45) is 5.92 Å². The first-order chi connectivity index (χ1) is 9.30. The minimum absolute atomic E-state index is 0.0317. The average Bonchev–Trinajstić information content (AvgIpc) is 2.35. The topological polar surface area (TPSA) is 55.4 Å². The van der Waals surface area contributed by atoms with Gasteiger partial charge in [0.25, 0.3) is 0 Å². The van der Waals surface area contributed by atoms with Gasteiger partial charge in [-0.3, -0.25) is 9.59 Å². The molecule has 1 amide bonds. The Morgan fingerprint density at radius 3 is 2.20 bits per heavy atom. The zero-order valence-corrected chi connectivity index (χ0v) is 13.3. The fourth-order valence-corrected chi connectivity index (χ4v) is 2.62. The Labute approximate surface area is 122 Å². The van der Waals surface area contributed by atoms with E-state index >= 15 is 0 Å². The normalized spacial score (nSPS) is 23.2. The van der Waals surface area contributed by atoms with E-state index in [1.807, 2.05) is 20.8 Å². The molecule has 4 heteroatoms. The Hall–Kier alpha value is -1.06. The zero-order chi connectivity index (χ0) is 15.2. The van der Waals surface area contributed by atoms with Crippen molar-refractivity contribution in [1.82, 2.24) is 5.32 Å².